The Morgan fingerprint density at radius 2 is 1.90 bits per heavy atom. The average Bonchev–Trinajstić information content (AvgIpc) is 2.33. The summed E-state index contributed by atoms with van der Waals surface area (Å²) in [6.45, 7) is 10.8. The fourth-order valence-electron chi connectivity index (χ4n) is 2.61. The second-order valence-corrected chi connectivity index (χ2v) is 8.41. The summed E-state index contributed by atoms with van der Waals surface area (Å²) in [7, 11) is 0. The van der Waals surface area contributed by atoms with Gasteiger partial charge in [0.05, 0.1) is 0 Å². The molecule has 2 atom stereocenters. The van der Waals surface area contributed by atoms with E-state index < -0.39 is 0 Å². The lowest BCUT2D eigenvalue weighted by molar-refractivity contribution is 0.394. The van der Waals surface area contributed by atoms with Crippen LogP contribution in [0.15, 0.2) is 5.03 Å². The third-order valence-electron chi connectivity index (χ3n) is 3.98. The van der Waals surface area contributed by atoms with Crippen LogP contribution in [0.25, 0.3) is 0 Å². The van der Waals surface area contributed by atoms with Crippen molar-refractivity contribution in [1.82, 2.24) is 9.97 Å². The number of thioether (sulfide) groups is 1. The van der Waals surface area contributed by atoms with Crippen molar-refractivity contribution in [3.63, 3.8) is 0 Å². The summed E-state index contributed by atoms with van der Waals surface area (Å²) < 4.78 is 0. The Hall–Kier alpha value is -0.770. The number of aromatic nitrogens is 2. The minimum atomic E-state index is -0.0585. The number of anilines is 1. The maximum Gasteiger partial charge on any atom is 0.137 e. The summed E-state index contributed by atoms with van der Waals surface area (Å²) in [6.07, 6.45) is 5.29. The van der Waals surface area contributed by atoms with Gasteiger partial charge < -0.3 is 5.73 Å². The quantitative estimate of drug-likeness (QED) is 0.824. The second kappa shape index (κ2) is 5.92. The van der Waals surface area contributed by atoms with Gasteiger partial charge in [0.15, 0.2) is 0 Å². The zero-order chi connectivity index (χ0) is 14.9. The highest BCUT2D eigenvalue weighted by Crippen LogP contribution is 2.38. The predicted molar refractivity (Wildman–Crippen MR) is 87.2 cm³/mol. The highest BCUT2D eigenvalue weighted by atomic mass is 32.2. The maximum atomic E-state index is 6.09. The van der Waals surface area contributed by atoms with Crippen molar-refractivity contribution in [3.05, 3.63) is 11.4 Å². The van der Waals surface area contributed by atoms with Gasteiger partial charge >= 0.3 is 0 Å². The van der Waals surface area contributed by atoms with Gasteiger partial charge in [0.25, 0.3) is 0 Å². The second-order valence-electron chi connectivity index (χ2n) is 7.12. The van der Waals surface area contributed by atoms with Crippen LogP contribution in [0.2, 0.25) is 0 Å². The van der Waals surface area contributed by atoms with E-state index in [1.54, 1.807) is 0 Å². The van der Waals surface area contributed by atoms with Gasteiger partial charge in [0, 0.05) is 16.2 Å². The molecular weight excluding hydrogens is 266 g/mol. The van der Waals surface area contributed by atoms with E-state index in [0.29, 0.717) is 11.1 Å². The number of nitrogens with zero attached hydrogens (tertiary/aromatic N) is 2. The van der Waals surface area contributed by atoms with Gasteiger partial charge in [0.1, 0.15) is 16.7 Å². The fraction of sp³-hybridized carbons (Fsp3) is 0.750. The number of hydrogen-bond donors (Lipinski definition) is 1. The molecule has 2 unspecified atom stereocenters. The molecule has 1 heterocycles. The Balaban J connectivity index is 2.24. The molecular formula is C16H27N3S. The summed E-state index contributed by atoms with van der Waals surface area (Å²) in [6, 6.07) is 0. The molecule has 0 amide bonds. The molecule has 1 aliphatic carbocycles. The van der Waals surface area contributed by atoms with Crippen LogP contribution < -0.4 is 5.73 Å². The normalized spacial score (nSPS) is 23.9. The van der Waals surface area contributed by atoms with E-state index in [1.807, 2.05) is 18.7 Å². The fourth-order valence-corrected chi connectivity index (χ4v) is 4.05. The van der Waals surface area contributed by atoms with Crippen molar-refractivity contribution in [3.8, 4) is 0 Å². The van der Waals surface area contributed by atoms with Gasteiger partial charge in [-0.15, -0.1) is 11.8 Å². The molecule has 1 saturated carbocycles. The third-order valence-corrected chi connectivity index (χ3v) is 5.36. The summed E-state index contributed by atoms with van der Waals surface area (Å²) in [5, 5.41) is 1.76. The van der Waals surface area contributed by atoms with Crippen LogP contribution >= 0.6 is 11.8 Å². The minimum Gasteiger partial charge on any atom is -0.383 e. The van der Waals surface area contributed by atoms with Gasteiger partial charge in [-0.1, -0.05) is 40.5 Å². The first-order chi connectivity index (χ1) is 9.27. The van der Waals surface area contributed by atoms with Crippen LogP contribution in [0.1, 0.15) is 64.8 Å². The van der Waals surface area contributed by atoms with Crippen molar-refractivity contribution in [2.75, 3.05) is 5.73 Å². The molecule has 1 aromatic rings. The highest BCUT2D eigenvalue weighted by Gasteiger charge is 2.24. The molecule has 20 heavy (non-hydrogen) atoms. The molecule has 112 valence electrons. The van der Waals surface area contributed by atoms with Gasteiger partial charge in [-0.25, -0.2) is 9.97 Å². The van der Waals surface area contributed by atoms with Crippen LogP contribution in [0.4, 0.5) is 5.82 Å². The van der Waals surface area contributed by atoms with Crippen molar-refractivity contribution in [2.24, 2.45) is 5.92 Å². The van der Waals surface area contributed by atoms with E-state index in [0.717, 1.165) is 22.3 Å². The Morgan fingerprint density at radius 3 is 2.50 bits per heavy atom. The first-order valence-electron chi connectivity index (χ1n) is 7.58. The number of nitrogens with two attached hydrogens (primary N) is 1. The van der Waals surface area contributed by atoms with Crippen LogP contribution in [0.5, 0.6) is 0 Å². The molecule has 0 aromatic carbocycles. The Labute approximate surface area is 127 Å². The van der Waals surface area contributed by atoms with Crippen LogP contribution in [0, 0.1) is 12.8 Å². The average molecular weight is 293 g/mol. The summed E-state index contributed by atoms with van der Waals surface area (Å²) in [5.41, 5.74) is 7.07. The molecule has 2 rings (SSSR count). The maximum absolute atomic E-state index is 6.09. The SMILES string of the molecule is Cc1c(N)nc(C(C)(C)C)nc1SC1CCCC(C)C1. The lowest BCUT2D eigenvalue weighted by Gasteiger charge is -2.27. The van der Waals surface area contributed by atoms with Crippen LogP contribution in [0.3, 0.4) is 0 Å². The Bertz CT molecular complexity index is 479. The van der Waals surface area contributed by atoms with Gasteiger partial charge in [0.2, 0.25) is 0 Å². The van der Waals surface area contributed by atoms with E-state index in [9.17, 15) is 0 Å². The largest absolute Gasteiger partial charge is 0.383 e. The summed E-state index contributed by atoms with van der Waals surface area (Å²) >= 11 is 1.91. The molecule has 1 aromatic heterocycles. The van der Waals surface area contributed by atoms with Gasteiger partial charge in [-0.2, -0.15) is 0 Å². The smallest absolute Gasteiger partial charge is 0.137 e. The molecule has 0 bridgehead atoms. The molecule has 0 radical (unpaired) electrons. The minimum absolute atomic E-state index is 0.0585. The standard InChI is InChI=1S/C16H27N3S/c1-10-7-6-8-12(9-10)20-14-11(2)13(17)18-15(19-14)16(3,4)5/h10,12H,6-9H2,1-5H3,(H2,17,18,19). The third kappa shape index (κ3) is 3.66. The van der Waals surface area contributed by atoms with E-state index in [2.05, 4.69) is 32.7 Å². The van der Waals surface area contributed by atoms with Crippen molar-refractivity contribution < 1.29 is 0 Å². The first-order valence-corrected chi connectivity index (χ1v) is 8.46. The van der Waals surface area contributed by atoms with Crippen LogP contribution in [-0.2, 0) is 5.41 Å². The first kappa shape index (κ1) is 15.6. The Morgan fingerprint density at radius 1 is 1.20 bits per heavy atom. The van der Waals surface area contributed by atoms with E-state index in [1.165, 1.54) is 25.7 Å². The number of nitrogen functional groups attached to an aromatic ring is 1. The summed E-state index contributed by atoms with van der Waals surface area (Å²) in [4.78, 5) is 9.26. The molecule has 2 N–H and O–H groups in total. The van der Waals surface area contributed by atoms with Crippen molar-refractivity contribution in [2.45, 2.75) is 76.0 Å². The number of hydrogen-bond acceptors (Lipinski definition) is 4. The predicted octanol–water partition coefficient (Wildman–Crippen LogP) is 4.34. The van der Waals surface area contributed by atoms with Crippen LogP contribution in [-0.4, -0.2) is 15.2 Å². The van der Waals surface area contributed by atoms with E-state index >= 15 is 0 Å². The molecule has 4 heteroatoms. The zero-order valence-corrected chi connectivity index (χ0v) is 14.2. The zero-order valence-electron chi connectivity index (χ0n) is 13.4. The lowest BCUT2D eigenvalue weighted by Crippen LogP contribution is -2.20. The number of rotatable bonds is 2. The van der Waals surface area contributed by atoms with E-state index in [-0.39, 0.29) is 5.41 Å². The molecule has 1 fully saturated rings. The van der Waals surface area contributed by atoms with Crippen molar-refractivity contribution in [1.29, 1.82) is 0 Å². The molecule has 1 aliphatic rings. The molecule has 0 aliphatic heterocycles. The lowest BCUT2D eigenvalue weighted by atomic mass is 9.91. The highest BCUT2D eigenvalue weighted by molar-refractivity contribution is 7.99. The Kier molecular flexibility index (Phi) is 4.62. The molecule has 0 spiro atoms. The summed E-state index contributed by atoms with van der Waals surface area (Å²) in [5.74, 6) is 2.33. The van der Waals surface area contributed by atoms with E-state index in [4.69, 9.17) is 10.7 Å². The van der Waals surface area contributed by atoms with Crippen molar-refractivity contribution >= 4 is 17.6 Å². The monoisotopic (exact) mass is 293 g/mol. The molecule has 0 saturated heterocycles. The van der Waals surface area contributed by atoms with Gasteiger partial charge in [-0.3, -0.25) is 0 Å². The van der Waals surface area contributed by atoms with Gasteiger partial charge in [-0.05, 0) is 25.7 Å². The topological polar surface area (TPSA) is 51.8 Å². The molecule has 3 nitrogen and oxygen atoms in total.